The maximum absolute atomic E-state index is 14.0. The second kappa shape index (κ2) is 6.32. The van der Waals surface area contributed by atoms with Crippen molar-refractivity contribution in [3.63, 3.8) is 0 Å². The monoisotopic (exact) mass is 312 g/mol. The fourth-order valence-corrected chi connectivity index (χ4v) is 4.16. The van der Waals surface area contributed by atoms with Crippen LogP contribution in [0.2, 0.25) is 0 Å². The van der Waals surface area contributed by atoms with Crippen LogP contribution in [0.25, 0.3) is 0 Å². The fraction of sp³-hybridized carbons (Fsp3) is 0.533. The van der Waals surface area contributed by atoms with Gasteiger partial charge in [-0.15, -0.1) is 0 Å². The molecule has 2 aliphatic rings. The molecular formula is C15H18F2N2OS. The molecule has 3 nitrogen and oxygen atoms in total. The van der Waals surface area contributed by atoms with E-state index < -0.39 is 17.8 Å². The second-order valence-corrected chi connectivity index (χ2v) is 6.78. The summed E-state index contributed by atoms with van der Waals surface area (Å²) in [5.41, 5.74) is 0.340. The van der Waals surface area contributed by atoms with Gasteiger partial charge in [-0.25, -0.2) is 8.78 Å². The van der Waals surface area contributed by atoms with Crippen molar-refractivity contribution in [1.29, 1.82) is 0 Å². The molecule has 2 aliphatic heterocycles. The van der Waals surface area contributed by atoms with Gasteiger partial charge in [0, 0.05) is 18.2 Å². The molecule has 2 fully saturated rings. The van der Waals surface area contributed by atoms with Crippen molar-refractivity contribution in [3.05, 3.63) is 35.4 Å². The first kappa shape index (κ1) is 14.8. The van der Waals surface area contributed by atoms with E-state index in [-0.39, 0.29) is 12.5 Å². The van der Waals surface area contributed by atoms with Crippen LogP contribution >= 0.6 is 11.8 Å². The fourth-order valence-electron chi connectivity index (χ4n) is 2.96. The minimum atomic E-state index is -0.605. The SMILES string of the molecule is O=C1CNC(c2ccc(F)cc2F)N1CC1CCSCC1. The third-order valence-electron chi connectivity index (χ3n) is 4.13. The zero-order valence-corrected chi connectivity index (χ0v) is 12.5. The molecule has 114 valence electrons. The molecule has 21 heavy (non-hydrogen) atoms. The van der Waals surface area contributed by atoms with Crippen LogP contribution in [0.5, 0.6) is 0 Å². The molecule has 0 aromatic heterocycles. The van der Waals surface area contributed by atoms with Crippen LogP contribution in [-0.2, 0) is 4.79 Å². The lowest BCUT2D eigenvalue weighted by Crippen LogP contribution is -2.36. The van der Waals surface area contributed by atoms with E-state index >= 15 is 0 Å². The van der Waals surface area contributed by atoms with Gasteiger partial charge in [0.2, 0.25) is 5.91 Å². The number of carbonyl (C=O) groups is 1. The number of nitrogens with one attached hydrogen (secondary N) is 1. The minimum Gasteiger partial charge on any atom is -0.321 e. The highest BCUT2D eigenvalue weighted by Crippen LogP contribution is 2.30. The van der Waals surface area contributed by atoms with Crippen molar-refractivity contribution in [1.82, 2.24) is 10.2 Å². The second-order valence-electron chi connectivity index (χ2n) is 5.55. The van der Waals surface area contributed by atoms with E-state index in [1.54, 1.807) is 4.90 Å². The molecule has 0 radical (unpaired) electrons. The number of amides is 1. The minimum absolute atomic E-state index is 0.0121. The maximum atomic E-state index is 14.0. The lowest BCUT2D eigenvalue weighted by atomic mass is 10.0. The van der Waals surface area contributed by atoms with Gasteiger partial charge < -0.3 is 4.90 Å². The Balaban J connectivity index is 1.78. The Morgan fingerprint density at radius 1 is 1.29 bits per heavy atom. The Kier molecular flexibility index (Phi) is 4.45. The van der Waals surface area contributed by atoms with Gasteiger partial charge >= 0.3 is 0 Å². The first-order valence-corrected chi connectivity index (χ1v) is 8.36. The molecule has 0 spiro atoms. The van der Waals surface area contributed by atoms with Gasteiger partial charge in [-0.2, -0.15) is 11.8 Å². The zero-order chi connectivity index (χ0) is 14.8. The molecule has 2 saturated heterocycles. The Morgan fingerprint density at radius 3 is 2.76 bits per heavy atom. The Labute approximate surface area is 127 Å². The van der Waals surface area contributed by atoms with Crippen LogP contribution in [0.1, 0.15) is 24.6 Å². The molecule has 0 bridgehead atoms. The summed E-state index contributed by atoms with van der Waals surface area (Å²) in [6.07, 6.45) is 1.70. The van der Waals surface area contributed by atoms with E-state index in [0.29, 0.717) is 18.0 Å². The third-order valence-corrected chi connectivity index (χ3v) is 5.18. The van der Waals surface area contributed by atoms with Crippen molar-refractivity contribution in [2.45, 2.75) is 19.0 Å². The third kappa shape index (κ3) is 3.21. The summed E-state index contributed by atoms with van der Waals surface area (Å²) in [7, 11) is 0. The van der Waals surface area contributed by atoms with Gasteiger partial charge in [0.25, 0.3) is 0 Å². The highest BCUT2D eigenvalue weighted by atomic mass is 32.2. The van der Waals surface area contributed by atoms with Crippen molar-refractivity contribution in [3.8, 4) is 0 Å². The van der Waals surface area contributed by atoms with Gasteiger partial charge in [0.15, 0.2) is 0 Å². The summed E-state index contributed by atoms with van der Waals surface area (Å²) >= 11 is 1.94. The zero-order valence-electron chi connectivity index (χ0n) is 11.6. The molecule has 0 saturated carbocycles. The van der Waals surface area contributed by atoms with Crippen molar-refractivity contribution < 1.29 is 13.6 Å². The average molecular weight is 312 g/mol. The first-order valence-electron chi connectivity index (χ1n) is 7.20. The molecule has 2 heterocycles. The topological polar surface area (TPSA) is 32.3 Å². The summed E-state index contributed by atoms with van der Waals surface area (Å²) in [5.74, 6) is 1.50. The Bertz CT molecular complexity index is 534. The molecule has 1 unspecified atom stereocenters. The average Bonchev–Trinajstić information content (AvgIpc) is 2.82. The lowest BCUT2D eigenvalue weighted by Gasteiger charge is -2.30. The van der Waals surface area contributed by atoms with Crippen molar-refractivity contribution in [2.24, 2.45) is 5.92 Å². The van der Waals surface area contributed by atoms with Crippen LogP contribution in [-0.4, -0.2) is 35.4 Å². The number of hydrogen-bond acceptors (Lipinski definition) is 3. The number of benzene rings is 1. The van der Waals surface area contributed by atoms with E-state index in [0.717, 1.165) is 30.4 Å². The summed E-state index contributed by atoms with van der Waals surface area (Å²) < 4.78 is 27.0. The van der Waals surface area contributed by atoms with Crippen molar-refractivity contribution >= 4 is 17.7 Å². The summed E-state index contributed by atoms with van der Waals surface area (Å²) in [6, 6.07) is 3.53. The molecule has 1 N–H and O–H groups in total. The summed E-state index contributed by atoms with van der Waals surface area (Å²) in [5, 5.41) is 3.03. The van der Waals surface area contributed by atoms with Crippen molar-refractivity contribution in [2.75, 3.05) is 24.6 Å². The van der Waals surface area contributed by atoms with Crippen LogP contribution in [0.15, 0.2) is 18.2 Å². The number of nitrogens with zero attached hydrogens (tertiary/aromatic N) is 1. The van der Waals surface area contributed by atoms with E-state index in [1.165, 1.54) is 12.1 Å². The van der Waals surface area contributed by atoms with E-state index in [2.05, 4.69) is 5.32 Å². The number of rotatable bonds is 3. The molecule has 1 atom stereocenters. The van der Waals surface area contributed by atoms with Gasteiger partial charge in [-0.05, 0) is 42.4 Å². The molecule has 0 aliphatic carbocycles. The van der Waals surface area contributed by atoms with Crippen LogP contribution in [0, 0.1) is 17.6 Å². The molecule has 1 aromatic rings. The van der Waals surface area contributed by atoms with Gasteiger partial charge in [0.1, 0.15) is 17.8 Å². The molecule has 1 aromatic carbocycles. The van der Waals surface area contributed by atoms with Crippen LogP contribution in [0.3, 0.4) is 0 Å². The molecule has 1 amide bonds. The highest BCUT2D eigenvalue weighted by molar-refractivity contribution is 7.99. The first-order chi connectivity index (χ1) is 10.1. The van der Waals surface area contributed by atoms with Gasteiger partial charge in [0.05, 0.1) is 6.54 Å². The number of carbonyl (C=O) groups excluding carboxylic acids is 1. The van der Waals surface area contributed by atoms with Gasteiger partial charge in [-0.1, -0.05) is 0 Å². The number of halogens is 2. The standard InChI is InChI=1S/C15H18F2N2OS/c16-11-1-2-12(13(17)7-11)15-18-8-14(20)19(15)9-10-3-5-21-6-4-10/h1-2,7,10,15,18H,3-6,8-9H2. The van der Waals surface area contributed by atoms with Crippen LogP contribution in [0.4, 0.5) is 8.78 Å². The van der Waals surface area contributed by atoms with Crippen LogP contribution < -0.4 is 5.32 Å². The number of hydrogen-bond donors (Lipinski definition) is 1. The predicted octanol–water partition coefficient (Wildman–Crippen LogP) is 2.54. The van der Waals surface area contributed by atoms with Gasteiger partial charge in [-0.3, -0.25) is 10.1 Å². The Morgan fingerprint density at radius 2 is 2.05 bits per heavy atom. The summed E-state index contributed by atoms with van der Waals surface area (Å²) in [6.45, 7) is 0.858. The maximum Gasteiger partial charge on any atom is 0.238 e. The Hall–Kier alpha value is -1.14. The largest absolute Gasteiger partial charge is 0.321 e. The molecule has 3 rings (SSSR count). The molecule has 6 heteroatoms. The predicted molar refractivity (Wildman–Crippen MR) is 78.9 cm³/mol. The lowest BCUT2D eigenvalue weighted by molar-refractivity contribution is -0.128. The quantitative estimate of drug-likeness (QED) is 0.931. The van der Waals surface area contributed by atoms with E-state index in [9.17, 15) is 13.6 Å². The highest BCUT2D eigenvalue weighted by Gasteiger charge is 2.34. The smallest absolute Gasteiger partial charge is 0.238 e. The van der Waals surface area contributed by atoms with E-state index in [1.807, 2.05) is 11.8 Å². The molecular weight excluding hydrogens is 294 g/mol. The number of thioether (sulfide) groups is 1. The normalized spacial score (nSPS) is 23.8. The summed E-state index contributed by atoms with van der Waals surface area (Å²) in [4.78, 5) is 13.8. The van der Waals surface area contributed by atoms with E-state index in [4.69, 9.17) is 0 Å².